The summed E-state index contributed by atoms with van der Waals surface area (Å²) >= 11 is 1.66. The quantitative estimate of drug-likeness (QED) is 0.889. The third kappa shape index (κ3) is 2.90. The molecule has 0 spiro atoms. The lowest BCUT2D eigenvalue weighted by atomic mass is 10.2. The van der Waals surface area contributed by atoms with E-state index in [0.29, 0.717) is 0 Å². The van der Waals surface area contributed by atoms with Crippen LogP contribution < -0.4 is 5.32 Å². The molecule has 0 bridgehead atoms. The van der Waals surface area contributed by atoms with Crippen molar-refractivity contribution in [3.05, 3.63) is 52.7 Å². The van der Waals surface area contributed by atoms with Gasteiger partial charge in [-0.2, -0.15) is 0 Å². The van der Waals surface area contributed by atoms with Gasteiger partial charge in [0.1, 0.15) is 0 Å². The predicted octanol–water partition coefficient (Wildman–Crippen LogP) is 3.97. The Labute approximate surface area is 111 Å². The highest BCUT2D eigenvalue weighted by atomic mass is 32.1. The summed E-state index contributed by atoms with van der Waals surface area (Å²) < 4.78 is 0. The van der Waals surface area contributed by atoms with Gasteiger partial charge in [0.15, 0.2) is 0 Å². The van der Waals surface area contributed by atoms with E-state index in [1.165, 1.54) is 4.88 Å². The highest BCUT2D eigenvalue weighted by Crippen LogP contribution is 2.23. The van der Waals surface area contributed by atoms with Crippen molar-refractivity contribution in [3.63, 3.8) is 0 Å². The number of thiophene rings is 1. The zero-order valence-corrected chi connectivity index (χ0v) is 11.3. The average Bonchev–Trinajstić information content (AvgIpc) is 2.92. The highest BCUT2D eigenvalue weighted by molar-refractivity contribution is 7.10. The van der Waals surface area contributed by atoms with Gasteiger partial charge in [-0.05, 0) is 30.5 Å². The number of carbonyl (C=O) groups is 1. The summed E-state index contributed by atoms with van der Waals surface area (Å²) in [5.41, 5.74) is 0.813. The molecular formula is C14H16N2OS. The number of hydrogen-bond donors (Lipinski definition) is 1. The van der Waals surface area contributed by atoms with Gasteiger partial charge in [0, 0.05) is 17.6 Å². The van der Waals surface area contributed by atoms with Gasteiger partial charge in [0.05, 0.1) is 6.04 Å². The van der Waals surface area contributed by atoms with Gasteiger partial charge in [0.2, 0.25) is 0 Å². The maximum atomic E-state index is 12.1. The maximum absolute atomic E-state index is 12.1. The summed E-state index contributed by atoms with van der Waals surface area (Å²) in [6.07, 6.45) is 0. The van der Waals surface area contributed by atoms with E-state index in [2.05, 4.69) is 5.32 Å². The van der Waals surface area contributed by atoms with Gasteiger partial charge in [-0.3, -0.25) is 0 Å². The lowest BCUT2D eigenvalue weighted by Gasteiger charge is -2.24. The van der Waals surface area contributed by atoms with E-state index in [1.807, 2.05) is 61.8 Å². The molecule has 4 heteroatoms. The molecule has 3 nitrogen and oxygen atoms in total. The molecule has 2 rings (SSSR count). The van der Waals surface area contributed by atoms with Crippen molar-refractivity contribution in [2.24, 2.45) is 0 Å². The van der Waals surface area contributed by atoms with Gasteiger partial charge in [-0.1, -0.05) is 24.3 Å². The van der Waals surface area contributed by atoms with Crippen molar-refractivity contribution in [2.75, 3.05) is 12.4 Å². The molecule has 0 saturated heterocycles. The van der Waals surface area contributed by atoms with Gasteiger partial charge in [-0.25, -0.2) is 4.79 Å². The second kappa shape index (κ2) is 5.69. The van der Waals surface area contributed by atoms with E-state index in [0.717, 1.165) is 5.69 Å². The third-order valence-electron chi connectivity index (χ3n) is 2.88. The maximum Gasteiger partial charge on any atom is 0.322 e. The summed E-state index contributed by atoms with van der Waals surface area (Å²) in [7, 11) is 1.81. The fourth-order valence-electron chi connectivity index (χ4n) is 1.63. The third-order valence-corrected chi connectivity index (χ3v) is 3.92. The SMILES string of the molecule is C[C@@H](c1cccs1)N(C)C(=O)Nc1ccccc1. The number of urea groups is 1. The van der Waals surface area contributed by atoms with E-state index in [1.54, 1.807) is 16.2 Å². The molecule has 0 fully saturated rings. The minimum absolute atomic E-state index is 0.0775. The summed E-state index contributed by atoms with van der Waals surface area (Å²) in [6.45, 7) is 2.02. The molecule has 0 aliphatic rings. The van der Waals surface area contributed by atoms with Crippen molar-refractivity contribution in [1.29, 1.82) is 0 Å². The van der Waals surface area contributed by atoms with E-state index < -0.39 is 0 Å². The first-order valence-corrected chi connectivity index (χ1v) is 6.68. The van der Waals surface area contributed by atoms with Crippen LogP contribution in [0.2, 0.25) is 0 Å². The van der Waals surface area contributed by atoms with E-state index >= 15 is 0 Å². The summed E-state index contributed by atoms with van der Waals surface area (Å²) in [5, 5.41) is 4.90. The largest absolute Gasteiger partial charge is 0.322 e. The Kier molecular flexibility index (Phi) is 3.99. The number of benzene rings is 1. The van der Waals surface area contributed by atoms with Crippen LogP contribution in [-0.4, -0.2) is 18.0 Å². The van der Waals surface area contributed by atoms with E-state index in [-0.39, 0.29) is 12.1 Å². The molecule has 0 radical (unpaired) electrons. The molecule has 1 heterocycles. The molecule has 0 aliphatic carbocycles. The average molecular weight is 260 g/mol. The lowest BCUT2D eigenvalue weighted by Crippen LogP contribution is -2.33. The van der Waals surface area contributed by atoms with E-state index in [4.69, 9.17) is 0 Å². The molecule has 2 amide bonds. The van der Waals surface area contributed by atoms with Crippen LogP contribution >= 0.6 is 11.3 Å². The molecule has 1 aromatic carbocycles. The van der Waals surface area contributed by atoms with Crippen LogP contribution in [0.4, 0.5) is 10.5 Å². The first-order chi connectivity index (χ1) is 8.68. The van der Waals surface area contributed by atoms with Gasteiger partial charge < -0.3 is 10.2 Å². The normalized spacial score (nSPS) is 11.9. The van der Waals surface area contributed by atoms with Crippen LogP contribution in [-0.2, 0) is 0 Å². The molecule has 1 N–H and O–H groups in total. The topological polar surface area (TPSA) is 32.3 Å². The Balaban J connectivity index is 2.01. The molecule has 1 atom stereocenters. The highest BCUT2D eigenvalue weighted by Gasteiger charge is 2.17. The predicted molar refractivity (Wildman–Crippen MR) is 76.0 cm³/mol. The molecule has 94 valence electrons. The summed E-state index contributed by atoms with van der Waals surface area (Å²) in [6, 6.07) is 13.5. The zero-order chi connectivity index (χ0) is 13.0. The fraction of sp³-hybridized carbons (Fsp3) is 0.214. The molecule has 2 aromatic rings. The number of amides is 2. The zero-order valence-electron chi connectivity index (χ0n) is 10.5. The van der Waals surface area contributed by atoms with Crippen LogP contribution in [0, 0.1) is 0 Å². The minimum Gasteiger partial charge on any atom is -0.320 e. The molecule has 18 heavy (non-hydrogen) atoms. The van der Waals surface area contributed by atoms with Gasteiger partial charge >= 0.3 is 6.03 Å². The smallest absolute Gasteiger partial charge is 0.320 e. The molecule has 0 aliphatic heterocycles. The van der Waals surface area contributed by atoms with Gasteiger partial charge in [0.25, 0.3) is 0 Å². The Bertz CT molecular complexity index is 496. The lowest BCUT2D eigenvalue weighted by molar-refractivity contribution is 0.209. The molecule has 0 unspecified atom stereocenters. The summed E-state index contributed by atoms with van der Waals surface area (Å²) in [5.74, 6) is 0. The number of rotatable bonds is 3. The number of nitrogens with one attached hydrogen (secondary N) is 1. The monoisotopic (exact) mass is 260 g/mol. The summed E-state index contributed by atoms with van der Waals surface area (Å²) in [4.78, 5) is 15.0. The second-order valence-electron chi connectivity index (χ2n) is 4.10. The molecule has 0 saturated carbocycles. The first-order valence-electron chi connectivity index (χ1n) is 5.81. The second-order valence-corrected chi connectivity index (χ2v) is 5.08. The van der Waals surface area contributed by atoms with Crippen LogP contribution in [0.1, 0.15) is 17.8 Å². The van der Waals surface area contributed by atoms with Crippen molar-refractivity contribution < 1.29 is 4.79 Å². The van der Waals surface area contributed by atoms with E-state index in [9.17, 15) is 4.79 Å². The number of carbonyl (C=O) groups excluding carboxylic acids is 1. The van der Waals surface area contributed by atoms with Crippen molar-refractivity contribution in [3.8, 4) is 0 Å². The van der Waals surface area contributed by atoms with Crippen LogP contribution in [0.5, 0.6) is 0 Å². The molecule has 1 aromatic heterocycles. The Morgan fingerprint density at radius 3 is 2.56 bits per heavy atom. The number of nitrogens with zero attached hydrogens (tertiary/aromatic N) is 1. The Morgan fingerprint density at radius 1 is 1.22 bits per heavy atom. The van der Waals surface area contributed by atoms with Crippen LogP contribution in [0.15, 0.2) is 47.8 Å². The molecular weight excluding hydrogens is 244 g/mol. The van der Waals surface area contributed by atoms with Crippen molar-refractivity contribution in [1.82, 2.24) is 4.90 Å². The Morgan fingerprint density at radius 2 is 1.94 bits per heavy atom. The Hall–Kier alpha value is -1.81. The van der Waals surface area contributed by atoms with Crippen molar-refractivity contribution >= 4 is 23.1 Å². The van der Waals surface area contributed by atoms with Crippen molar-refractivity contribution in [2.45, 2.75) is 13.0 Å². The number of para-hydroxylation sites is 1. The standard InChI is InChI=1S/C14H16N2OS/c1-11(13-9-6-10-18-13)16(2)14(17)15-12-7-4-3-5-8-12/h3-11H,1-2H3,(H,15,17)/t11-/m0/s1. The van der Waals surface area contributed by atoms with Crippen LogP contribution in [0.25, 0.3) is 0 Å². The van der Waals surface area contributed by atoms with Crippen LogP contribution in [0.3, 0.4) is 0 Å². The minimum atomic E-state index is -0.0953. The number of anilines is 1. The van der Waals surface area contributed by atoms with Gasteiger partial charge in [-0.15, -0.1) is 11.3 Å². The number of hydrogen-bond acceptors (Lipinski definition) is 2. The first kappa shape index (κ1) is 12.6. The fourth-order valence-corrected chi connectivity index (χ4v) is 2.46.